The smallest absolute Gasteiger partial charge is 0.191 e. The van der Waals surface area contributed by atoms with E-state index in [0.717, 1.165) is 24.3 Å². The molecule has 24 heavy (non-hydrogen) atoms. The summed E-state index contributed by atoms with van der Waals surface area (Å²) in [5, 5.41) is 7.06. The molecule has 5 nitrogen and oxygen atoms in total. The number of ether oxygens (including phenoxy) is 2. The normalized spacial score (nSPS) is 34.0. The zero-order valence-electron chi connectivity index (χ0n) is 15.0. The van der Waals surface area contributed by atoms with E-state index in [-0.39, 0.29) is 30.1 Å². The number of nitrogens with zero attached hydrogens (tertiary/aromatic N) is 1. The van der Waals surface area contributed by atoms with Crippen LogP contribution in [0.4, 0.5) is 0 Å². The van der Waals surface area contributed by atoms with Crippen LogP contribution in [0.3, 0.4) is 0 Å². The van der Waals surface area contributed by atoms with E-state index in [2.05, 4.69) is 17.6 Å². The summed E-state index contributed by atoms with van der Waals surface area (Å²) in [4.78, 5) is 4.72. The maximum atomic E-state index is 5.68. The maximum absolute atomic E-state index is 5.68. The molecule has 3 aliphatic rings. The summed E-state index contributed by atoms with van der Waals surface area (Å²) in [6, 6.07) is 0.579. The van der Waals surface area contributed by atoms with Crippen LogP contribution in [0.2, 0.25) is 0 Å². The van der Waals surface area contributed by atoms with Gasteiger partial charge in [0.1, 0.15) is 6.10 Å². The molecule has 0 bridgehead atoms. The van der Waals surface area contributed by atoms with Crippen molar-refractivity contribution >= 4 is 29.9 Å². The maximum Gasteiger partial charge on any atom is 0.191 e. The molecule has 3 rings (SSSR count). The zero-order valence-corrected chi connectivity index (χ0v) is 17.3. The van der Waals surface area contributed by atoms with Crippen molar-refractivity contribution in [2.45, 2.75) is 64.0 Å². The predicted octanol–water partition coefficient (Wildman–Crippen LogP) is 2.93. The van der Waals surface area contributed by atoms with Gasteiger partial charge in [-0.3, -0.25) is 4.99 Å². The topological polar surface area (TPSA) is 54.9 Å². The fourth-order valence-electron chi connectivity index (χ4n) is 4.35. The monoisotopic (exact) mass is 451 g/mol. The molecule has 0 aromatic carbocycles. The molecule has 140 valence electrons. The van der Waals surface area contributed by atoms with E-state index in [1.54, 1.807) is 0 Å². The molecular formula is C18H34IN3O2. The molecular weight excluding hydrogens is 417 g/mol. The summed E-state index contributed by atoms with van der Waals surface area (Å²) in [5.74, 6) is 2.88. The molecule has 0 aromatic heterocycles. The fourth-order valence-corrected chi connectivity index (χ4v) is 4.35. The van der Waals surface area contributed by atoms with Crippen molar-refractivity contribution in [2.75, 3.05) is 32.9 Å². The van der Waals surface area contributed by atoms with Crippen molar-refractivity contribution in [1.82, 2.24) is 10.6 Å². The third kappa shape index (κ3) is 6.02. The third-order valence-corrected chi connectivity index (χ3v) is 5.56. The van der Waals surface area contributed by atoms with E-state index in [0.29, 0.717) is 32.4 Å². The first-order chi connectivity index (χ1) is 11.3. The minimum atomic E-state index is 0. The molecule has 1 heterocycles. The van der Waals surface area contributed by atoms with Crippen LogP contribution < -0.4 is 10.6 Å². The van der Waals surface area contributed by atoms with Gasteiger partial charge in [0.15, 0.2) is 5.96 Å². The number of halogens is 1. The Labute approximate surface area is 163 Å². The quantitative estimate of drug-likeness (QED) is 0.392. The Hall–Kier alpha value is -0.0800. The Kier molecular flexibility index (Phi) is 9.11. The Bertz CT molecular complexity index is 388. The molecule has 2 saturated carbocycles. The average molecular weight is 451 g/mol. The Morgan fingerprint density at radius 3 is 2.67 bits per heavy atom. The van der Waals surface area contributed by atoms with Gasteiger partial charge in [-0.25, -0.2) is 0 Å². The first kappa shape index (κ1) is 20.2. The predicted molar refractivity (Wildman–Crippen MR) is 108 cm³/mol. The van der Waals surface area contributed by atoms with Crippen LogP contribution in [0.5, 0.6) is 0 Å². The SMILES string of the molecule is CCNC(=NCC1COCCO1)NC1CCC2CCCCC2C1.I. The summed E-state index contributed by atoms with van der Waals surface area (Å²) in [6.07, 6.45) is 9.88. The van der Waals surface area contributed by atoms with Crippen molar-refractivity contribution < 1.29 is 9.47 Å². The third-order valence-electron chi connectivity index (χ3n) is 5.56. The summed E-state index contributed by atoms with van der Waals surface area (Å²) < 4.78 is 11.1. The molecule has 1 saturated heterocycles. The van der Waals surface area contributed by atoms with E-state index < -0.39 is 0 Å². The zero-order chi connectivity index (χ0) is 15.9. The minimum absolute atomic E-state index is 0. The standard InChI is InChI=1S/C18H33N3O2.HI/c1-2-19-18(20-12-17-13-22-9-10-23-17)21-16-8-7-14-5-3-4-6-15(14)11-16;/h14-17H,2-13H2,1H3,(H2,19,20,21);1H. The first-order valence-electron chi connectivity index (χ1n) is 9.59. The van der Waals surface area contributed by atoms with Gasteiger partial charge in [0.05, 0.1) is 26.4 Å². The second-order valence-corrected chi connectivity index (χ2v) is 7.25. The van der Waals surface area contributed by atoms with E-state index in [9.17, 15) is 0 Å². The molecule has 0 aromatic rings. The second kappa shape index (κ2) is 10.8. The number of aliphatic imine (C=N–C) groups is 1. The number of nitrogens with one attached hydrogen (secondary N) is 2. The van der Waals surface area contributed by atoms with Gasteiger partial charge in [0.25, 0.3) is 0 Å². The molecule has 6 heteroatoms. The van der Waals surface area contributed by atoms with Crippen molar-refractivity contribution in [3.8, 4) is 0 Å². The lowest BCUT2D eigenvalue weighted by molar-refractivity contribution is -0.0833. The summed E-state index contributed by atoms with van der Waals surface area (Å²) in [6.45, 7) is 5.76. The highest BCUT2D eigenvalue weighted by Gasteiger charge is 2.32. The van der Waals surface area contributed by atoms with Crippen LogP contribution in [0, 0.1) is 11.8 Å². The lowest BCUT2D eigenvalue weighted by Crippen LogP contribution is -2.47. The summed E-state index contributed by atoms with van der Waals surface area (Å²) in [7, 11) is 0. The summed E-state index contributed by atoms with van der Waals surface area (Å²) in [5.41, 5.74) is 0. The van der Waals surface area contributed by atoms with E-state index in [1.807, 2.05) is 0 Å². The van der Waals surface area contributed by atoms with Crippen LogP contribution in [-0.2, 0) is 9.47 Å². The van der Waals surface area contributed by atoms with Crippen LogP contribution in [0.25, 0.3) is 0 Å². The molecule has 0 amide bonds. The van der Waals surface area contributed by atoms with Crippen molar-refractivity contribution in [3.63, 3.8) is 0 Å². The van der Waals surface area contributed by atoms with Gasteiger partial charge in [-0.15, -0.1) is 24.0 Å². The van der Waals surface area contributed by atoms with Crippen molar-refractivity contribution in [1.29, 1.82) is 0 Å². The molecule has 0 spiro atoms. The van der Waals surface area contributed by atoms with Gasteiger partial charge in [0, 0.05) is 12.6 Å². The highest BCUT2D eigenvalue weighted by atomic mass is 127. The molecule has 1 aliphatic heterocycles. The Morgan fingerprint density at radius 1 is 1.08 bits per heavy atom. The molecule has 2 aliphatic carbocycles. The number of rotatable bonds is 4. The molecule has 0 radical (unpaired) electrons. The molecule has 2 N–H and O–H groups in total. The molecule has 3 fully saturated rings. The van der Waals surface area contributed by atoms with Crippen molar-refractivity contribution in [3.05, 3.63) is 0 Å². The van der Waals surface area contributed by atoms with E-state index in [4.69, 9.17) is 14.5 Å². The lowest BCUT2D eigenvalue weighted by atomic mass is 9.69. The van der Waals surface area contributed by atoms with Crippen LogP contribution >= 0.6 is 24.0 Å². The van der Waals surface area contributed by atoms with Gasteiger partial charge >= 0.3 is 0 Å². The Morgan fingerprint density at radius 2 is 1.92 bits per heavy atom. The van der Waals surface area contributed by atoms with Gasteiger partial charge in [-0.2, -0.15) is 0 Å². The van der Waals surface area contributed by atoms with E-state index in [1.165, 1.54) is 44.9 Å². The first-order valence-corrected chi connectivity index (χ1v) is 9.59. The highest BCUT2D eigenvalue weighted by molar-refractivity contribution is 14.0. The number of hydrogen-bond acceptors (Lipinski definition) is 3. The lowest BCUT2D eigenvalue weighted by Gasteiger charge is -2.40. The highest BCUT2D eigenvalue weighted by Crippen LogP contribution is 2.40. The number of hydrogen-bond donors (Lipinski definition) is 2. The van der Waals surface area contributed by atoms with Crippen LogP contribution in [0.15, 0.2) is 4.99 Å². The van der Waals surface area contributed by atoms with Crippen molar-refractivity contribution in [2.24, 2.45) is 16.8 Å². The van der Waals surface area contributed by atoms with Gasteiger partial charge in [0.2, 0.25) is 0 Å². The minimum Gasteiger partial charge on any atom is -0.376 e. The van der Waals surface area contributed by atoms with Crippen LogP contribution in [0.1, 0.15) is 51.9 Å². The van der Waals surface area contributed by atoms with Gasteiger partial charge < -0.3 is 20.1 Å². The molecule has 4 unspecified atom stereocenters. The van der Waals surface area contributed by atoms with Gasteiger partial charge in [-0.1, -0.05) is 25.7 Å². The van der Waals surface area contributed by atoms with Gasteiger partial charge in [-0.05, 0) is 38.0 Å². The van der Waals surface area contributed by atoms with E-state index >= 15 is 0 Å². The second-order valence-electron chi connectivity index (χ2n) is 7.25. The number of guanidine groups is 1. The average Bonchev–Trinajstić information content (AvgIpc) is 2.61. The molecule has 4 atom stereocenters. The number of fused-ring (bicyclic) bond motifs is 1. The van der Waals surface area contributed by atoms with Crippen LogP contribution in [-0.4, -0.2) is 51.0 Å². The Balaban J connectivity index is 0.00000208. The fraction of sp³-hybridized carbons (Fsp3) is 0.944. The summed E-state index contributed by atoms with van der Waals surface area (Å²) >= 11 is 0. The largest absolute Gasteiger partial charge is 0.376 e.